The molecule has 6 heteroatoms. The zero-order valence-corrected chi connectivity index (χ0v) is 10.5. The summed E-state index contributed by atoms with van der Waals surface area (Å²) in [5.74, 6) is -0.983. The first-order chi connectivity index (χ1) is 7.88. The summed E-state index contributed by atoms with van der Waals surface area (Å²) in [4.78, 5) is 10.7. The lowest BCUT2D eigenvalue weighted by Crippen LogP contribution is -2.03. The molecule has 0 saturated heterocycles. The van der Waals surface area contributed by atoms with Crippen molar-refractivity contribution in [2.24, 2.45) is 0 Å². The van der Waals surface area contributed by atoms with Gasteiger partial charge in [0.05, 0.1) is 11.3 Å². The molecule has 1 aliphatic carbocycles. The number of halogens is 1. The Kier molecular flexibility index (Phi) is 3.14. The van der Waals surface area contributed by atoms with Gasteiger partial charge in [-0.1, -0.05) is 6.07 Å². The predicted octanol–water partition coefficient (Wildman–Crippen LogP) is 2.12. The van der Waals surface area contributed by atoms with Gasteiger partial charge in [0.1, 0.15) is 0 Å². The summed E-state index contributed by atoms with van der Waals surface area (Å²) in [6.45, 7) is 0. The molecular weight excluding hydrogens is 264 g/mol. The molecule has 1 aromatic carbocycles. The van der Waals surface area contributed by atoms with Crippen LogP contribution in [0.5, 0.6) is 0 Å². The fourth-order valence-electron chi connectivity index (χ4n) is 2.24. The highest BCUT2D eigenvalue weighted by atomic mass is 35.7. The molecule has 0 spiro atoms. The van der Waals surface area contributed by atoms with Crippen LogP contribution in [0.2, 0.25) is 0 Å². The fraction of sp³-hybridized carbons (Fsp3) is 0.364. The third-order valence-corrected chi connectivity index (χ3v) is 4.37. The fourth-order valence-corrected chi connectivity index (χ4v) is 3.03. The van der Waals surface area contributed by atoms with E-state index >= 15 is 0 Å². The Labute approximate surface area is 104 Å². The average molecular weight is 275 g/mol. The van der Waals surface area contributed by atoms with E-state index in [1.807, 2.05) is 0 Å². The summed E-state index contributed by atoms with van der Waals surface area (Å²) in [5.41, 5.74) is 1.81. The number of carbonyl (C=O) groups is 1. The van der Waals surface area contributed by atoms with Gasteiger partial charge >= 0.3 is 5.97 Å². The molecule has 1 aliphatic rings. The molecule has 92 valence electrons. The monoisotopic (exact) mass is 274 g/mol. The molecule has 0 amide bonds. The van der Waals surface area contributed by atoms with Gasteiger partial charge < -0.3 is 5.11 Å². The molecule has 1 aromatic rings. The summed E-state index contributed by atoms with van der Waals surface area (Å²) < 4.78 is 22.4. The lowest BCUT2D eigenvalue weighted by atomic mass is 9.98. The van der Waals surface area contributed by atoms with Crippen LogP contribution in [0.3, 0.4) is 0 Å². The maximum atomic E-state index is 11.2. The molecule has 17 heavy (non-hydrogen) atoms. The van der Waals surface area contributed by atoms with Gasteiger partial charge in [0.25, 0.3) is 9.05 Å². The lowest BCUT2D eigenvalue weighted by Gasteiger charge is -2.09. The van der Waals surface area contributed by atoms with E-state index in [0.29, 0.717) is 0 Å². The van der Waals surface area contributed by atoms with E-state index in [0.717, 1.165) is 24.0 Å². The maximum absolute atomic E-state index is 11.2. The van der Waals surface area contributed by atoms with Crippen LogP contribution in [-0.4, -0.2) is 19.5 Å². The van der Waals surface area contributed by atoms with Crippen molar-refractivity contribution in [3.05, 3.63) is 29.3 Å². The Morgan fingerprint density at radius 2 is 2.18 bits per heavy atom. The van der Waals surface area contributed by atoms with E-state index in [9.17, 15) is 13.2 Å². The minimum atomic E-state index is -3.75. The maximum Gasteiger partial charge on any atom is 0.303 e. The van der Waals surface area contributed by atoms with E-state index in [4.69, 9.17) is 15.8 Å². The second kappa shape index (κ2) is 4.31. The third kappa shape index (κ3) is 2.61. The Morgan fingerprint density at radius 3 is 2.76 bits per heavy atom. The second-order valence-corrected chi connectivity index (χ2v) is 6.70. The molecular formula is C11H11ClO4S. The van der Waals surface area contributed by atoms with E-state index in [1.165, 1.54) is 12.1 Å². The van der Waals surface area contributed by atoms with Gasteiger partial charge in [0.15, 0.2) is 0 Å². The number of rotatable bonds is 3. The smallest absolute Gasteiger partial charge is 0.303 e. The van der Waals surface area contributed by atoms with Crippen molar-refractivity contribution in [1.82, 2.24) is 0 Å². The van der Waals surface area contributed by atoms with Crippen LogP contribution in [0.1, 0.15) is 29.9 Å². The van der Waals surface area contributed by atoms with Crippen LogP contribution in [0.4, 0.5) is 0 Å². The number of aliphatic carboxylic acids is 1. The van der Waals surface area contributed by atoms with Crippen molar-refractivity contribution in [2.45, 2.75) is 30.1 Å². The quantitative estimate of drug-likeness (QED) is 0.857. The highest BCUT2D eigenvalue weighted by Crippen LogP contribution is 2.37. The summed E-state index contributed by atoms with van der Waals surface area (Å²) in [6.07, 6.45) is 1.56. The number of aryl methyl sites for hydroxylation is 1. The van der Waals surface area contributed by atoms with Crippen molar-refractivity contribution in [3.63, 3.8) is 0 Å². The number of benzene rings is 1. The van der Waals surface area contributed by atoms with Crippen LogP contribution >= 0.6 is 10.7 Å². The molecule has 0 bridgehead atoms. The zero-order chi connectivity index (χ0) is 12.6. The molecule has 0 aliphatic heterocycles. The van der Waals surface area contributed by atoms with E-state index in [2.05, 4.69) is 0 Å². The Hall–Kier alpha value is -1.07. The first-order valence-corrected chi connectivity index (χ1v) is 7.48. The first-order valence-electron chi connectivity index (χ1n) is 5.17. The van der Waals surface area contributed by atoms with Gasteiger partial charge in [-0.3, -0.25) is 4.79 Å². The molecule has 0 radical (unpaired) electrons. The van der Waals surface area contributed by atoms with Gasteiger partial charge in [0, 0.05) is 10.7 Å². The number of hydrogen-bond donors (Lipinski definition) is 1. The van der Waals surface area contributed by atoms with Gasteiger partial charge in [-0.25, -0.2) is 8.42 Å². The van der Waals surface area contributed by atoms with Crippen molar-refractivity contribution >= 4 is 25.7 Å². The Balaban J connectivity index is 2.40. The number of carboxylic acid groups (broad SMARTS) is 1. The number of hydrogen-bond acceptors (Lipinski definition) is 3. The minimum Gasteiger partial charge on any atom is -0.481 e. The Morgan fingerprint density at radius 1 is 1.47 bits per heavy atom. The zero-order valence-electron chi connectivity index (χ0n) is 8.89. The summed E-state index contributed by atoms with van der Waals surface area (Å²) in [6, 6.07) is 4.68. The molecule has 1 unspecified atom stereocenters. The summed E-state index contributed by atoms with van der Waals surface area (Å²) >= 11 is 0. The molecule has 0 fully saturated rings. The van der Waals surface area contributed by atoms with E-state index in [-0.39, 0.29) is 17.2 Å². The molecule has 4 nitrogen and oxygen atoms in total. The van der Waals surface area contributed by atoms with E-state index < -0.39 is 15.0 Å². The summed E-state index contributed by atoms with van der Waals surface area (Å²) in [5, 5.41) is 8.78. The largest absolute Gasteiger partial charge is 0.481 e. The Bertz CT molecular complexity index is 565. The van der Waals surface area contributed by atoms with E-state index in [1.54, 1.807) is 6.07 Å². The topological polar surface area (TPSA) is 71.4 Å². The van der Waals surface area contributed by atoms with Crippen LogP contribution in [0.25, 0.3) is 0 Å². The van der Waals surface area contributed by atoms with Gasteiger partial charge in [-0.05, 0) is 42.0 Å². The molecule has 0 aromatic heterocycles. The average Bonchev–Trinajstić information content (AvgIpc) is 2.59. The number of carboxylic acids is 1. The minimum absolute atomic E-state index is 0.0266. The first kappa shape index (κ1) is 12.4. The highest BCUT2D eigenvalue weighted by molar-refractivity contribution is 8.13. The number of fused-ring (bicyclic) bond motifs is 1. The van der Waals surface area contributed by atoms with Crippen molar-refractivity contribution in [2.75, 3.05) is 0 Å². The third-order valence-electron chi connectivity index (χ3n) is 3.02. The van der Waals surface area contributed by atoms with Crippen LogP contribution in [0, 0.1) is 0 Å². The van der Waals surface area contributed by atoms with Gasteiger partial charge in [0.2, 0.25) is 0 Å². The lowest BCUT2D eigenvalue weighted by molar-refractivity contribution is -0.137. The van der Waals surface area contributed by atoms with Crippen molar-refractivity contribution in [1.29, 1.82) is 0 Å². The SMILES string of the molecule is O=C(O)CC1CCc2ccc(S(=O)(=O)Cl)cc21. The van der Waals surface area contributed by atoms with Crippen molar-refractivity contribution < 1.29 is 18.3 Å². The second-order valence-electron chi connectivity index (χ2n) is 4.13. The van der Waals surface area contributed by atoms with Crippen molar-refractivity contribution in [3.8, 4) is 0 Å². The normalized spacial score (nSPS) is 19.0. The molecule has 0 saturated carbocycles. The standard InChI is InChI=1S/C11H11ClO4S/c12-17(15,16)9-4-3-7-1-2-8(5-11(13)14)10(7)6-9/h3-4,6,8H,1-2,5H2,(H,13,14). The van der Waals surface area contributed by atoms with Gasteiger partial charge in [-0.2, -0.15) is 0 Å². The molecule has 0 heterocycles. The molecule has 2 rings (SSSR count). The van der Waals surface area contributed by atoms with Crippen LogP contribution in [0.15, 0.2) is 23.1 Å². The predicted molar refractivity (Wildman–Crippen MR) is 62.8 cm³/mol. The van der Waals surface area contributed by atoms with Crippen LogP contribution < -0.4 is 0 Å². The van der Waals surface area contributed by atoms with Gasteiger partial charge in [-0.15, -0.1) is 0 Å². The molecule has 1 N–H and O–H groups in total. The summed E-state index contributed by atoms with van der Waals surface area (Å²) in [7, 11) is 1.52. The highest BCUT2D eigenvalue weighted by Gasteiger charge is 2.26. The molecule has 1 atom stereocenters. The van der Waals surface area contributed by atoms with Crippen LogP contribution in [-0.2, 0) is 20.3 Å².